The molecule has 0 aliphatic heterocycles. The van der Waals surface area contributed by atoms with Crippen LogP contribution in [0.3, 0.4) is 0 Å². The van der Waals surface area contributed by atoms with Gasteiger partial charge in [0.15, 0.2) is 0 Å². The summed E-state index contributed by atoms with van der Waals surface area (Å²) < 4.78 is 7.95. The molecule has 0 fully saturated rings. The summed E-state index contributed by atoms with van der Waals surface area (Å²) in [4.78, 5) is 41.1. The van der Waals surface area contributed by atoms with Gasteiger partial charge >= 0.3 is 5.69 Å². The SMILES string of the molecule is CC(C)COc1cccc(C(=O)Nc2cnc3c(c2)c(=O)n(C)c(=O)n3C)c1. The Morgan fingerprint density at radius 3 is 2.64 bits per heavy atom. The summed E-state index contributed by atoms with van der Waals surface area (Å²) in [5.41, 5.74) is 0.123. The summed E-state index contributed by atoms with van der Waals surface area (Å²) in [6.07, 6.45) is 1.41. The van der Waals surface area contributed by atoms with Gasteiger partial charge in [-0.2, -0.15) is 0 Å². The van der Waals surface area contributed by atoms with Crippen LogP contribution in [0.15, 0.2) is 46.1 Å². The number of anilines is 1. The van der Waals surface area contributed by atoms with E-state index in [2.05, 4.69) is 10.3 Å². The van der Waals surface area contributed by atoms with Gasteiger partial charge in [-0.3, -0.25) is 18.7 Å². The molecule has 0 bridgehead atoms. The van der Waals surface area contributed by atoms with E-state index < -0.39 is 11.2 Å². The van der Waals surface area contributed by atoms with E-state index in [-0.39, 0.29) is 16.9 Å². The standard InChI is InChI=1S/C20H22N4O4/c1-12(2)11-28-15-7-5-6-13(8-15)18(25)22-14-9-16-17(21-10-14)23(3)20(27)24(4)19(16)26/h5-10,12H,11H2,1-4H3,(H,22,25). The number of carbonyl (C=O) groups excluding carboxylic acids is 1. The first-order chi connectivity index (χ1) is 13.3. The van der Waals surface area contributed by atoms with E-state index in [0.29, 0.717) is 29.5 Å². The summed E-state index contributed by atoms with van der Waals surface area (Å²) in [5.74, 6) is 0.638. The Labute approximate surface area is 161 Å². The van der Waals surface area contributed by atoms with Crippen molar-refractivity contribution in [3.8, 4) is 5.75 Å². The normalized spacial score (nSPS) is 11.0. The maximum atomic E-state index is 12.6. The summed E-state index contributed by atoms with van der Waals surface area (Å²) in [6, 6.07) is 8.39. The van der Waals surface area contributed by atoms with Crippen LogP contribution in [-0.4, -0.2) is 26.6 Å². The first-order valence-electron chi connectivity index (χ1n) is 8.88. The lowest BCUT2D eigenvalue weighted by Gasteiger charge is -2.11. The fourth-order valence-electron chi connectivity index (χ4n) is 2.73. The predicted octanol–water partition coefficient (Wildman–Crippen LogP) is 1.92. The molecule has 2 heterocycles. The zero-order valence-corrected chi connectivity index (χ0v) is 16.2. The average Bonchev–Trinajstić information content (AvgIpc) is 2.69. The Kier molecular flexibility index (Phi) is 5.30. The number of nitrogens with zero attached hydrogens (tertiary/aromatic N) is 3. The Bertz CT molecular complexity index is 1160. The molecule has 0 aliphatic carbocycles. The van der Waals surface area contributed by atoms with Crippen molar-refractivity contribution in [1.29, 1.82) is 0 Å². The molecular weight excluding hydrogens is 360 g/mol. The number of nitrogens with one attached hydrogen (secondary N) is 1. The number of aryl methyl sites for hydroxylation is 1. The minimum Gasteiger partial charge on any atom is -0.493 e. The molecule has 1 aromatic carbocycles. The van der Waals surface area contributed by atoms with Gasteiger partial charge in [0.25, 0.3) is 11.5 Å². The lowest BCUT2D eigenvalue weighted by molar-refractivity contribution is 0.102. The molecule has 1 amide bonds. The van der Waals surface area contributed by atoms with E-state index in [1.165, 1.54) is 30.9 Å². The Morgan fingerprint density at radius 1 is 1.18 bits per heavy atom. The minimum atomic E-state index is -0.467. The predicted molar refractivity (Wildman–Crippen MR) is 107 cm³/mol. The second-order valence-corrected chi connectivity index (χ2v) is 6.99. The molecule has 0 saturated carbocycles. The van der Waals surface area contributed by atoms with Crippen molar-refractivity contribution >= 4 is 22.6 Å². The van der Waals surface area contributed by atoms with Crippen LogP contribution in [0.25, 0.3) is 11.0 Å². The van der Waals surface area contributed by atoms with Crippen LogP contribution < -0.4 is 21.3 Å². The number of rotatable bonds is 5. The van der Waals surface area contributed by atoms with Crippen LogP contribution in [0.2, 0.25) is 0 Å². The number of fused-ring (bicyclic) bond motifs is 1. The highest BCUT2D eigenvalue weighted by atomic mass is 16.5. The van der Waals surface area contributed by atoms with E-state index in [9.17, 15) is 14.4 Å². The van der Waals surface area contributed by atoms with Crippen molar-refractivity contribution in [2.75, 3.05) is 11.9 Å². The maximum absolute atomic E-state index is 12.6. The second-order valence-electron chi connectivity index (χ2n) is 6.99. The first kappa shape index (κ1) is 19.3. The van der Waals surface area contributed by atoms with Gasteiger partial charge in [-0.1, -0.05) is 19.9 Å². The highest BCUT2D eigenvalue weighted by molar-refractivity contribution is 6.05. The second kappa shape index (κ2) is 7.67. The molecule has 28 heavy (non-hydrogen) atoms. The molecule has 0 saturated heterocycles. The lowest BCUT2D eigenvalue weighted by atomic mass is 10.2. The zero-order chi connectivity index (χ0) is 20.4. The summed E-state index contributed by atoms with van der Waals surface area (Å²) in [7, 11) is 2.94. The zero-order valence-electron chi connectivity index (χ0n) is 16.2. The molecule has 8 nitrogen and oxygen atoms in total. The molecular formula is C20H22N4O4. The Morgan fingerprint density at radius 2 is 1.93 bits per heavy atom. The average molecular weight is 382 g/mol. The van der Waals surface area contributed by atoms with Gasteiger partial charge in [0, 0.05) is 19.7 Å². The molecule has 0 aliphatic rings. The molecule has 1 N–H and O–H groups in total. The third-order valence-corrected chi connectivity index (χ3v) is 4.23. The van der Waals surface area contributed by atoms with E-state index in [0.717, 1.165) is 4.57 Å². The van der Waals surface area contributed by atoms with Crippen molar-refractivity contribution in [2.45, 2.75) is 13.8 Å². The monoisotopic (exact) mass is 382 g/mol. The molecule has 0 radical (unpaired) electrons. The number of hydrogen-bond donors (Lipinski definition) is 1. The lowest BCUT2D eigenvalue weighted by Crippen LogP contribution is -2.37. The van der Waals surface area contributed by atoms with Crippen molar-refractivity contribution in [1.82, 2.24) is 14.1 Å². The fourth-order valence-corrected chi connectivity index (χ4v) is 2.73. The van der Waals surface area contributed by atoms with Crippen molar-refractivity contribution < 1.29 is 9.53 Å². The Hall–Kier alpha value is -3.42. The number of carbonyl (C=O) groups is 1. The van der Waals surface area contributed by atoms with Crippen LogP contribution in [-0.2, 0) is 14.1 Å². The number of hydrogen-bond acceptors (Lipinski definition) is 5. The van der Waals surface area contributed by atoms with Gasteiger partial charge in [-0.05, 0) is 30.2 Å². The molecule has 3 rings (SSSR count). The number of aromatic nitrogens is 3. The third kappa shape index (κ3) is 3.80. The van der Waals surface area contributed by atoms with Crippen LogP contribution in [0.4, 0.5) is 5.69 Å². The number of ether oxygens (including phenoxy) is 1. The highest BCUT2D eigenvalue weighted by Crippen LogP contribution is 2.17. The third-order valence-electron chi connectivity index (χ3n) is 4.23. The molecule has 146 valence electrons. The van der Waals surface area contributed by atoms with Crippen molar-refractivity contribution in [2.24, 2.45) is 20.0 Å². The van der Waals surface area contributed by atoms with Gasteiger partial charge in [0.05, 0.1) is 23.9 Å². The molecule has 0 spiro atoms. The first-order valence-corrected chi connectivity index (χ1v) is 8.88. The number of amides is 1. The highest BCUT2D eigenvalue weighted by Gasteiger charge is 2.13. The summed E-state index contributed by atoms with van der Waals surface area (Å²) in [6.45, 7) is 4.65. The molecule has 8 heteroatoms. The number of benzene rings is 1. The van der Waals surface area contributed by atoms with Crippen LogP contribution in [0.1, 0.15) is 24.2 Å². The van der Waals surface area contributed by atoms with Crippen LogP contribution in [0, 0.1) is 5.92 Å². The van der Waals surface area contributed by atoms with Crippen LogP contribution in [0.5, 0.6) is 5.75 Å². The smallest absolute Gasteiger partial charge is 0.332 e. The largest absolute Gasteiger partial charge is 0.493 e. The van der Waals surface area contributed by atoms with Gasteiger partial charge in [0.2, 0.25) is 0 Å². The van der Waals surface area contributed by atoms with E-state index in [1.54, 1.807) is 24.3 Å². The van der Waals surface area contributed by atoms with E-state index in [1.807, 2.05) is 13.8 Å². The van der Waals surface area contributed by atoms with Gasteiger partial charge in [0.1, 0.15) is 11.4 Å². The van der Waals surface area contributed by atoms with Gasteiger partial charge in [-0.15, -0.1) is 0 Å². The molecule has 3 aromatic rings. The van der Waals surface area contributed by atoms with Gasteiger partial charge in [-0.25, -0.2) is 9.78 Å². The minimum absolute atomic E-state index is 0.247. The van der Waals surface area contributed by atoms with E-state index in [4.69, 9.17) is 4.74 Å². The molecule has 0 atom stereocenters. The fraction of sp³-hybridized carbons (Fsp3) is 0.300. The van der Waals surface area contributed by atoms with Crippen molar-refractivity contribution in [3.05, 3.63) is 62.9 Å². The van der Waals surface area contributed by atoms with E-state index >= 15 is 0 Å². The number of pyridine rings is 1. The molecule has 2 aromatic heterocycles. The van der Waals surface area contributed by atoms with Crippen molar-refractivity contribution in [3.63, 3.8) is 0 Å². The van der Waals surface area contributed by atoms with Crippen LogP contribution >= 0.6 is 0 Å². The maximum Gasteiger partial charge on any atom is 0.332 e. The Balaban J connectivity index is 1.89. The summed E-state index contributed by atoms with van der Waals surface area (Å²) >= 11 is 0. The van der Waals surface area contributed by atoms with Gasteiger partial charge < -0.3 is 10.1 Å². The topological polar surface area (TPSA) is 95.2 Å². The molecule has 0 unspecified atom stereocenters. The summed E-state index contributed by atoms with van der Waals surface area (Å²) in [5, 5.41) is 2.98. The quantitative estimate of drug-likeness (QED) is 0.727.